The van der Waals surface area contributed by atoms with Gasteiger partial charge < -0.3 is 4.90 Å². The Hall–Kier alpha value is -0.960. The van der Waals surface area contributed by atoms with Crippen LogP contribution in [0.3, 0.4) is 0 Å². The van der Waals surface area contributed by atoms with Crippen LogP contribution in [0, 0.1) is 0 Å². The molecule has 2 aromatic rings. The number of thiophene rings is 1. The summed E-state index contributed by atoms with van der Waals surface area (Å²) in [5.74, 6) is 0. The second kappa shape index (κ2) is 5.35. The van der Waals surface area contributed by atoms with Gasteiger partial charge in [0.05, 0.1) is 5.69 Å². The maximum atomic E-state index is 11.9. The van der Waals surface area contributed by atoms with E-state index in [1.165, 1.54) is 22.7 Å². The first-order chi connectivity index (χ1) is 8.47. The molecule has 8 heteroatoms. The normalized spacial score (nSPS) is 11.9. The minimum absolute atomic E-state index is 0.298. The van der Waals surface area contributed by atoms with Crippen molar-refractivity contribution in [2.24, 2.45) is 0 Å². The van der Waals surface area contributed by atoms with E-state index in [0.29, 0.717) is 15.9 Å². The molecule has 2 aromatic heterocycles. The average Bonchev–Trinajstić information content (AvgIpc) is 2.87. The van der Waals surface area contributed by atoms with Crippen molar-refractivity contribution in [1.29, 1.82) is 0 Å². The highest BCUT2D eigenvalue weighted by Crippen LogP contribution is 2.22. The quantitative estimate of drug-likeness (QED) is 0.918. The van der Waals surface area contributed by atoms with Gasteiger partial charge in [0.15, 0.2) is 5.13 Å². The van der Waals surface area contributed by atoms with Gasteiger partial charge in [-0.05, 0) is 25.5 Å². The number of anilines is 1. The molecule has 0 saturated carbocycles. The highest BCUT2D eigenvalue weighted by Gasteiger charge is 2.16. The van der Waals surface area contributed by atoms with Crippen LogP contribution in [0.1, 0.15) is 5.69 Å². The molecule has 1 N–H and O–H groups in total. The topological polar surface area (TPSA) is 62.3 Å². The van der Waals surface area contributed by atoms with E-state index in [1.54, 1.807) is 17.5 Å². The zero-order valence-electron chi connectivity index (χ0n) is 9.95. The zero-order valence-corrected chi connectivity index (χ0v) is 12.4. The number of rotatable bonds is 5. The van der Waals surface area contributed by atoms with Crippen LogP contribution in [0.2, 0.25) is 0 Å². The van der Waals surface area contributed by atoms with Gasteiger partial charge in [-0.2, -0.15) is 0 Å². The molecular weight excluding hydrogens is 290 g/mol. The largest absolute Gasteiger partial charge is 0.304 e. The molecule has 0 saturated heterocycles. The standard InChI is InChI=1S/C10H13N3O2S3/c1-13(2)6-8-7-17-10(11-8)12-18(14,15)9-4-3-5-16-9/h3-5,7H,6H2,1-2H3,(H,11,12). The summed E-state index contributed by atoms with van der Waals surface area (Å²) < 4.78 is 26.7. The smallest absolute Gasteiger partial charge is 0.273 e. The van der Waals surface area contributed by atoms with Gasteiger partial charge in [0.2, 0.25) is 0 Å². The Morgan fingerprint density at radius 3 is 2.78 bits per heavy atom. The van der Waals surface area contributed by atoms with Crippen molar-refractivity contribution in [3.8, 4) is 0 Å². The Kier molecular flexibility index (Phi) is 4.00. The van der Waals surface area contributed by atoms with Crippen molar-refractivity contribution >= 4 is 37.8 Å². The Balaban J connectivity index is 2.12. The number of aromatic nitrogens is 1. The van der Waals surface area contributed by atoms with Gasteiger partial charge in [-0.15, -0.1) is 22.7 Å². The third kappa shape index (κ3) is 3.29. The number of sulfonamides is 1. The van der Waals surface area contributed by atoms with Crippen LogP contribution < -0.4 is 4.72 Å². The summed E-state index contributed by atoms with van der Waals surface area (Å²) in [7, 11) is 0.396. The van der Waals surface area contributed by atoms with Crippen LogP contribution in [0.25, 0.3) is 0 Å². The van der Waals surface area contributed by atoms with E-state index in [1.807, 2.05) is 24.4 Å². The summed E-state index contributed by atoms with van der Waals surface area (Å²) in [4.78, 5) is 6.22. The van der Waals surface area contributed by atoms with Crippen LogP contribution in [0.5, 0.6) is 0 Å². The Morgan fingerprint density at radius 2 is 2.17 bits per heavy atom. The molecule has 0 radical (unpaired) electrons. The first kappa shape index (κ1) is 13.5. The second-order valence-corrected chi connectivity index (χ2v) is 7.63. The minimum atomic E-state index is -3.48. The molecule has 98 valence electrons. The number of nitrogens with zero attached hydrogens (tertiary/aromatic N) is 2. The summed E-state index contributed by atoms with van der Waals surface area (Å²) in [5.41, 5.74) is 0.855. The van der Waals surface area contributed by atoms with Crippen LogP contribution in [-0.2, 0) is 16.6 Å². The van der Waals surface area contributed by atoms with Gasteiger partial charge >= 0.3 is 0 Å². The van der Waals surface area contributed by atoms with E-state index in [2.05, 4.69) is 9.71 Å². The fourth-order valence-corrected chi connectivity index (χ4v) is 4.28. The molecular formula is C10H13N3O2S3. The van der Waals surface area contributed by atoms with Gasteiger partial charge in [0.25, 0.3) is 10.0 Å². The van der Waals surface area contributed by atoms with Gasteiger partial charge in [-0.25, -0.2) is 13.4 Å². The van der Waals surface area contributed by atoms with Crippen molar-refractivity contribution in [1.82, 2.24) is 9.88 Å². The van der Waals surface area contributed by atoms with Crippen molar-refractivity contribution in [2.45, 2.75) is 10.8 Å². The molecule has 5 nitrogen and oxygen atoms in total. The van der Waals surface area contributed by atoms with Crippen LogP contribution in [-0.4, -0.2) is 32.4 Å². The molecule has 18 heavy (non-hydrogen) atoms. The van der Waals surface area contributed by atoms with Crippen LogP contribution in [0.15, 0.2) is 27.1 Å². The predicted molar refractivity (Wildman–Crippen MR) is 74.6 cm³/mol. The molecule has 0 aliphatic rings. The van der Waals surface area contributed by atoms with Gasteiger partial charge in [-0.1, -0.05) is 6.07 Å². The zero-order chi connectivity index (χ0) is 13.2. The van der Waals surface area contributed by atoms with Gasteiger partial charge in [-0.3, -0.25) is 4.72 Å². The molecule has 0 amide bonds. The van der Waals surface area contributed by atoms with E-state index < -0.39 is 10.0 Å². The number of hydrogen-bond donors (Lipinski definition) is 1. The van der Waals surface area contributed by atoms with E-state index in [9.17, 15) is 8.42 Å². The maximum Gasteiger partial charge on any atom is 0.273 e. The van der Waals surface area contributed by atoms with E-state index >= 15 is 0 Å². The van der Waals surface area contributed by atoms with Crippen LogP contribution in [0.4, 0.5) is 5.13 Å². The van der Waals surface area contributed by atoms with Gasteiger partial charge in [0.1, 0.15) is 4.21 Å². The first-order valence-electron chi connectivity index (χ1n) is 5.13. The summed E-state index contributed by atoms with van der Waals surface area (Å²) in [5, 5.41) is 3.99. The highest BCUT2D eigenvalue weighted by atomic mass is 32.2. The lowest BCUT2D eigenvalue weighted by atomic mass is 10.5. The van der Waals surface area contributed by atoms with Crippen molar-refractivity contribution in [3.05, 3.63) is 28.6 Å². The highest BCUT2D eigenvalue weighted by molar-refractivity contribution is 7.94. The molecule has 0 spiro atoms. The lowest BCUT2D eigenvalue weighted by molar-refractivity contribution is 0.398. The first-order valence-corrected chi connectivity index (χ1v) is 8.37. The Bertz CT molecular complexity index is 602. The van der Waals surface area contributed by atoms with Crippen LogP contribution >= 0.6 is 22.7 Å². The molecule has 0 atom stereocenters. The van der Waals surface area contributed by atoms with E-state index in [0.717, 1.165) is 5.69 Å². The molecule has 0 aliphatic carbocycles. The average molecular weight is 303 g/mol. The second-order valence-electron chi connectivity index (χ2n) is 3.92. The third-order valence-electron chi connectivity index (χ3n) is 2.01. The number of nitrogens with one attached hydrogen (secondary N) is 1. The third-order valence-corrected chi connectivity index (χ3v) is 5.68. The molecule has 0 unspecified atom stereocenters. The maximum absolute atomic E-state index is 11.9. The van der Waals surface area contributed by atoms with E-state index in [4.69, 9.17) is 0 Å². The summed E-state index contributed by atoms with van der Waals surface area (Å²) >= 11 is 2.48. The molecule has 0 bridgehead atoms. The number of hydrogen-bond acceptors (Lipinski definition) is 6. The summed E-state index contributed by atoms with van der Waals surface area (Å²) in [6.07, 6.45) is 0. The van der Waals surface area contributed by atoms with E-state index in [-0.39, 0.29) is 0 Å². The van der Waals surface area contributed by atoms with Crippen molar-refractivity contribution < 1.29 is 8.42 Å². The fraction of sp³-hybridized carbons (Fsp3) is 0.300. The summed E-state index contributed by atoms with van der Waals surface area (Å²) in [6, 6.07) is 3.28. The van der Waals surface area contributed by atoms with Crippen molar-refractivity contribution in [2.75, 3.05) is 18.8 Å². The SMILES string of the molecule is CN(C)Cc1csc(NS(=O)(=O)c2cccs2)n1. The fourth-order valence-electron chi connectivity index (χ4n) is 1.33. The molecule has 0 fully saturated rings. The molecule has 2 heterocycles. The minimum Gasteiger partial charge on any atom is -0.304 e. The molecule has 0 aromatic carbocycles. The number of thiazole rings is 1. The Morgan fingerprint density at radius 1 is 1.39 bits per heavy atom. The monoisotopic (exact) mass is 303 g/mol. The molecule has 0 aliphatic heterocycles. The van der Waals surface area contributed by atoms with Crippen molar-refractivity contribution in [3.63, 3.8) is 0 Å². The lowest BCUT2D eigenvalue weighted by Gasteiger charge is -2.05. The summed E-state index contributed by atoms with van der Waals surface area (Å²) in [6.45, 7) is 0.692. The lowest BCUT2D eigenvalue weighted by Crippen LogP contribution is -2.13. The van der Waals surface area contributed by atoms with Gasteiger partial charge in [0, 0.05) is 11.9 Å². The predicted octanol–water partition coefficient (Wildman–Crippen LogP) is 2.07. The Labute approximate surface area is 114 Å². The molecule has 2 rings (SSSR count).